The second kappa shape index (κ2) is 75.5. The fourth-order valence-electron chi connectivity index (χ4n) is 13.0. The third kappa shape index (κ3) is 76.6. The molecule has 3 unspecified atom stereocenters. The molecule has 612 valence electrons. The molecule has 0 saturated heterocycles. The first-order valence-corrected chi connectivity index (χ1v) is 46.5. The number of esters is 4. The lowest BCUT2D eigenvalue weighted by Crippen LogP contribution is -2.30. The van der Waals surface area contributed by atoms with Crippen LogP contribution in [0.25, 0.3) is 0 Å². The third-order valence-corrected chi connectivity index (χ3v) is 22.0. The summed E-state index contributed by atoms with van der Waals surface area (Å²) >= 11 is 0. The van der Waals surface area contributed by atoms with Crippen molar-refractivity contribution in [2.45, 2.75) is 464 Å². The first-order chi connectivity index (χ1) is 49.9. The van der Waals surface area contributed by atoms with E-state index in [0.717, 1.165) is 102 Å². The van der Waals surface area contributed by atoms with Crippen LogP contribution in [0.1, 0.15) is 446 Å². The molecule has 0 aromatic heterocycles. The molecule has 103 heavy (non-hydrogen) atoms. The van der Waals surface area contributed by atoms with E-state index in [2.05, 4.69) is 41.5 Å². The zero-order valence-corrected chi connectivity index (χ0v) is 69.4. The van der Waals surface area contributed by atoms with E-state index >= 15 is 0 Å². The number of carbonyl (C=O) groups is 4. The van der Waals surface area contributed by atoms with Crippen LogP contribution in [0, 0.1) is 11.8 Å². The molecule has 0 rings (SSSR count). The van der Waals surface area contributed by atoms with Crippen molar-refractivity contribution in [3.63, 3.8) is 0 Å². The molecule has 6 atom stereocenters. The third-order valence-electron chi connectivity index (χ3n) is 20.1. The lowest BCUT2D eigenvalue weighted by molar-refractivity contribution is -0.161. The quantitative estimate of drug-likeness (QED) is 0.0222. The Morgan fingerprint density at radius 3 is 0.738 bits per heavy atom. The van der Waals surface area contributed by atoms with Crippen LogP contribution in [-0.4, -0.2) is 96.7 Å². The van der Waals surface area contributed by atoms with Gasteiger partial charge < -0.3 is 33.8 Å². The lowest BCUT2D eigenvalue weighted by atomic mass is 9.99. The number of ether oxygens (including phenoxy) is 4. The average molecular weight is 1510 g/mol. The summed E-state index contributed by atoms with van der Waals surface area (Å²) in [5.41, 5.74) is 0. The zero-order chi connectivity index (χ0) is 75.6. The number of unbranched alkanes of at least 4 members (excludes halogenated alkanes) is 52. The van der Waals surface area contributed by atoms with Crippen LogP contribution in [-0.2, 0) is 65.4 Å². The fourth-order valence-corrected chi connectivity index (χ4v) is 14.6. The molecule has 0 aliphatic carbocycles. The second-order valence-corrected chi connectivity index (χ2v) is 33.8. The van der Waals surface area contributed by atoms with Crippen LogP contribution in [0.15, 0.2) is 0 Å². The fraction of sp³-hybridized carbons (Fsp3) is 0.952. The Balaban J connectivity index is 5.18. The summed E-state index contributed by atoms with van der Waals surface area (Å²) in [5, 5.41) is 10.6. The van der Waals surface area contributed by atoms with Crippen molar-refractivity contribution in [2.75, 3.05) is 39.6 Å². The molecule has 0 aliphatic rings. The summed E-state index contributed by atoms with van der Waals surface area (Å²) < 4.78 is 68.7. The van der Waals surface area contributed by atoms with Gasteiger partial charge in [-0.3, -0.25) is 37.3 Å². The van der Waals surface area contributed by atoms with Crippen molar-refractivity contribution in [2.24, 2.45) is 11.8 Å². The Morgan fingerprint density at radius 2 is 0.495 bits per heavy atom. The maximum Gasteiger partial charge on any atom is 0.472 e. The van der Waals surface area contributed by atoms with Gasteiger partial charge >= 0.3 is 39.5 Å². The van der Waals surface area contributed by atoms with Crippen molar-refractivity contribution in [3.05, 3.63) is 0 Å². The highest BCUT2D eigenvalue weighted by Crippen LogP contribution is 2.45. The Hall–Kier alpha value is -1.94. The predicted molar refractivity (Wildman–Crippen MR) is 423 cm³/mol. The van der Waals surface area contributed by atoms with Crippen LogP contribution in [0.5, 0.6) is 0 Å². The van der Waals surface area contributed by atoms with Gasteiger partial charge in [-0.15, -0.1) is 0 Å². The largest absolute Gasteiger partial charge is 0.472 e. The van der Waals surface area contributed by atoms with Crippen LogP contribution in [0.2, 0.25) is 0 Å². The van der Waals surface area contributed by atoms with Gasteiger partial charge in [0.25, 0.3) is 0 Å². The van der Waals surface area contributed by atoms with Crippen LogP contribution < -0.4 is 0 Å². The van der Waals surface area contributed by atoms with Crippen LogP contribution in [0.4, 0.5) is 0 Å². The predicted octanol–water partition coefficient (Wildman–Crippen LogP) is 25.5. The highest BCUT2D eigenvalue weighted by Gasteiger charge is 2.30. The Kier molecular flexibility index (Phi) is 74.1. The van der Waals surface area contributed by atoms with Gasteiger partial charge in [0, 0.05) is 25.7 Å². The Bertz CT molecular complexity index is 1980. The van der Waals surface area contributed by atoms with E-state index in [4.69, 9.17) is 37.0 Å². The van der Waals surface area contributed by atoms with E-state index in [1.54, 1.807) is 0 Å². The molecular formula is C84H164O17P2. The molecule has 0 fully saturated rings. The number of rotatable bonds is 83. The maximum atomic E-state index is 13.1. The number of phosphoric ester groups is 2. The van der Waals surface area contributed by atoms with Crippen molar-refractivity contribution < 1.29 is 80.2 Å². The van der Waals surface area contributed by atoms with Gasteiger partial charge in [-0.1, -0.05) is 395 Å². The first kappa shape index (κ1) is 101. The number of hydrogen-bond donors (Lipinski definition) is 3. The van der Waals surface area contributed by atoms with Gasteiger partial charge in [-0.05, 0) is 37.5 Å². The molecule has 0 spiro atoms. The van der Waals surface area contributed by atoms with Crippen LogP contribution >= 0.6 is 15.6 Å². The second-order valence-electron chi connectivity index (χ2n) is 30.9. The van der Waals surface area contributed by atoms with Crippen molar-refractivity contribution in [3.8, 4) is 0 Å². The molecule has 3 N–H and O–H groups in total. The summed E-state index contributed by atoms with van der Waals surface area (Å²) in [5.74, 6) is -0.519. The molecule has 0 bridgehead atoms. The van der Waals surface area contributed by atoms with Crippen molar-refractivity contribution >= 4 is 39.5 Å². The summed E-state index contributed by atoms with van der Waals surface area (Å²) in [6.07, 6.45) is 66.8. The molecule has 0 aliphatic heterocycles. The molecule has 17 nitrogen and oxygen atoms in total. The molecule has 19 heteroatoms. The Labute approximate surface area is 632 Å². The zero-order valence-electron chi connectivity index (χ0n) is 67.6. The average Bonchev–Trinajstić information content (AvgIpc) is 0.909. The molecule has 0 aromatic rings. The monoisotopic (exact) mass is 1510 g/mol. The summed E-state index contributed by atoms with van der Waals surface area (Å²) in [6, 6.07) is 0. The summed E-state index contributed by atoms with van der Waals surface area (Å²) in [4.78, 5) is 73.0. The van der Waals surface area contributed by atoms with E-state index in [1.165, 1.54) is 263 Å². The molecule has 0 radical (unpaired) electrons. The molecule has 0 aromatic carbocycles. The van der Waals surface area contributed by atoms with Gasteiger partial charge in [0.2, 0.25) is 0 Å². The Morgan fingerprint density at radius 1 is 0.282 bits per heavy atom. The minimum Gasteiger partial charge on any atom is -0.462 e. The van der Waals surface area contributed by atoms with E-state index in [-0.39, 0.29) is 25.7 Å². The SMILES string of the molecule is CCCCCCCCCCCCCCCCCCCCCCCC(=O)OC[C@H](COP(=O)(O)OC[C@@H](O)COP(=O)(O)OC[C@@H](COC(=O)CCCCCCCCCCC)OC(=O)CCCCCCCCCCC(C)CC)OC(=O)CCCCCCCCCCCCCCCCCCCCC(C)C. The van der Waals surface area contributed by atoms with Gasteiger partial charge in [-0.25, -0.2) is 9.13 Å². The topological polar surface area (TPSA) is 237 Å². The van der Waals surface area contributed by atoms with Gasteiger partial charge in [0.1, 0.15) is 19.3 Å². The van der Waals surface area contributed by atoms with E-state index in [9.17, 15) is 43.2 Å². The number of carbonyl (C=O) groups excluding carboxylic acids is 4. The summed E-state index contributed by atoms with van der Waals surface area (Å²) in [7, 11) is -9.92. The standard InChI is InChI=1S/C84H164O17P2/c1-7-10-12-14-16-18-19-20-21-22-23-24-25-29-32-35-38-42-49-55-61-67-82(87)95-73-79(100-83(88)68-62-56-50-43-39-36-33-30-27-26-28-31-34-37-41-46-52-58-64-76(4)5)74-98-102(90,91)96-70-78(85)71-97-103(92,93)99-75-80(72-94-81(86)66-60-54-48-40-17-15-13-11-8-2)101-84(89)69-63-57-51-45-44-47-53-59-65-77(6)9-3/h76-80,85H,7-75H2,1-6H3,(H,90,91)(H,92,93)/t77?,78-,79-,80-/m1/s1. The summed E-state index contributed by atoms with van der Waals surface area (Å²) in [6.45, 7) is 9.66. The van der Waals surface area contributed by atoms with Gasteiger partial charge in [0.15, 0.2) is 12.2 Å². The maximum absolute atomic E-state index is 13.1. The van der Waals surface area contributed by atoms with E-state index in [0.29, 0.717) is 25.7 Å². The lowest BCUT2D eigenvalue weighted by Gasteiger charge is -2.21. The molecular weight excluding hydrogens is 1340 g/mol. The van der Waals surface area contributed by atoms with E-state index in [1.807, 2.05) is 0 Å². The molecule has 0 amide bonds. The van der Waals surface area contributed by atoms with E-state index < -0.39 is 97.5 Å². The number of aliphatic hydroxyl groups excluding tert-OH is 1. The van der Waals surface area contributed by atoms with Crippen molar-refractivity contribution in [1.29, 1.82) is 0 Å². The number of phosphoric acid groups is 2. The van der Waals surface area contributed by atoms with Gasteiger partial charge in [-0.2, -0.15) is 0 Å². The van der Waals surface area contributed by atoms with Crippen molar-refractivity contribution in [1.82, 2.24) is 0 Å². The smallest absolute Gasteiger partial charge is 0.462 e. The molecule has 0 saturated carbocycles. The number of aliphatic hydroxyl groups is 1. The van der Waals surface area contributed by atoms with Crippen LogP contribution in [0.3, 0.4) is 0 Å². The van der Waals surface area contributed by atoms with Gasteiger partial charge in [0.05, 0.1) is 26.4 Å². The highest BCUT2D eigenvalue weighted by molar-refractivity contribution is 7.47. The minimum atomic E-state index is -4.96. The normalized spacial score (nSPS) is 14.1. The molecule has 0 heterocycles. The minimum absolute atomic E-state index is 0.105. The highest BCUT2D eigenvalue weighted by atomic mass is 31.2. The number of hydrogen-bond acceptors (Lipinski definition) is 15. The first-order valence-electron chi connectivity index (χ1n) is 43.5.